The fraction of sp³-hybridized carbons (Fsp3) is 0.667. The van der Waals surface area contributed by atoms with Crippen LogP contribution in [-0.4, -0.2) is 6.04 Å². The van der Waals surface area contributed by atoms with E-state index < -0.39 is 0 Å². The molecule has 0 saturated heterocycles. The first-order valence-electron chi connectivity index (χ1n) is 5.00. The molecule has 1 aliphatic rings. The zero-order valence-corrected chi connectivity index (χ0v) is 9.22. The highest BCUT2D eigenvalue weighted by Crippen LogP contribution is 2.35. The van der Waals surface area contributed by atoms with E-state index >= 15 is 0 Å². The van der Waals surface area contributed by atoms with Crippen LogP contribution in [0, 0.1) is 5.41 Å². The molecule has 2 N–H and O–H groups in total. The SMILES string of the molecule is CC(C)=CC1=CC(N)CC(C)(C)C1. The summed E-state index contributed by atoms with van der Waals surface area (Å²) in [7, 11) is 0. The third-order valence-corrected chi connectivity index (χ3v) is 2.37. The van der Waals surface area contributed by atoms with Crippen LogP contribution in [0.5, 0.6) is 0 Å². The first kappa shape index (κ1) is 10.5. The van der Waals surface area contributed by atoms with Gasteiger partial charge < -0.3 is 5.73 Å². The summed E-state index contributed by atoms with van der Waals surface area (Å²) in [5, 5.41) is 0. The lowest BCUT2D eigenvalue weighted by Gasteiger charge is -2.32. The van der Waals surface area contributed by atoms with Gasteiger partial charge in [0.15, 0.2) is 0 Å². The summed E-state index contributed by atoms with van der Waals surface area (Å²) in [4.78, 5) is 0. The average Bonchev–Trinajstić information content (AvgIpc) is 1.78. The summed E-state index contributed by atoms with van der Waals surface area (Å²) in [5.41, 5.74) is 9.11. The summed E-state index contributed by atoms with van der Waals surface area (Å²) in [5.74, 6) is 0. The van der Waals surface area contributed by atoms with E-state index in [-0.39, 0.29) is 6.04 Å². The number of hydrogen-bond acceptors (Lipinski definition) is 1. The molecular weight excluding hydrogens is 158 g/mol. The van der Waals surface area contributed by atoms with Crippen molar-refractivity contribution in [2.45, 2.75) is 46.6 Å². The van der Waals surface area contributed by atoms with Gasteiger partial charge in [-0.1, -0.05) is 37.1 Å². The highest BCUT2D eigenvalue weighted by atomic mass is 14.6. The van der Waals surface area contributed by atoms with Gasteiger partial charge in [-0.15, -0.1) is 0 Å². The quantitative estimate of drug-likeness (QED) is 0.658. The van der Waals surface area contributed by atoms with E-state index in [1.54, 1.807) is 0 Å². The van der Waals surface area contributed by atoms with Gasteiger partial charge in [0.1, 0.15) is 0 Å². The van der Waals surface area contributed by atoms with Crippen molar-refractivity contribution in [3.8, 4) is 0 Å². The van der Waals surface area contributed by atoms with Crippen LogP contribution in [-0.2, 0) is 0 Å². The monoisotopic (exact) mass is 179 g/mol. The van der Waals surface area contributed by atoms with Crippen molar-refractivity contribution in [1.29, 1.82) is 0 Å². The molecule has 0 aromatic carbocycles. The van der Waals surface area contributed by atoms with Crippen LogP contribution in [0.25, 0.3) is 0 Å². The van der Waals surface area contributed by atoms with Crippen LogP contribution in [0.3, 0.4) is 0 Å². The van der Waals surface area contributed by atoms with E-state index in [0.29, 0.717) is 5.41 Å². The minimum Gasteiger partial charge on any atom is -0.324 e. The van der Waals surface area contributed by atoms with Crippen molar-refractivity contribution in [3.05, 3.63) is 23.3 Å². The van der Waals surface area contributed by atoms with E-state index in [1.165, 1.54) is 11.1 Å². The van der Waals surface area contributed by atoms with Gasteiger partial charge in [-0.25, -0.2) is 0 Å². The molecule has 13 heavy (non-hydrogen) atoms. The first-order valence-corrected chi connectivity index (χ1v) is 5.00. The molecule has 0 radical (unpaired) electrons. The molecule has 0 aliphatic heterocycles. The predicted octanol–water partition coefficient (Wildman–Crippen LogP) is 3.03. The normalized spacial score (nSPS) is 26.5. The summed E-state index contributed by atoms with van der Waals surface area (Å²) < 4.78 is 0. The zero-order chi connectivity index (χ0) is 10.1. The van der Waals surface area contributed by atoms with Gasteiger partial charge in [-0.2, -0.15) is 0 Å². The van der Waals surface area contributed by atoms with Crippen molar-refractivity contribution < 1.29 is 0 Å². The standard InChI is InChI=1S/C12H21N/c1-9(2)5-10-6-11(13)8-12(3,4)7-10/h5-6,11H,7-8,13H2,1-4H3. The van der Waals surface area contributed by atoms with Crippen molar-refractivity contribution in [2.24, 2.45) is 11.1 Å². The Morgan fingerprint density at radius 1 is 1.54 bits per heavy atom. The molecule has 1 unspecified atom stereocenters. The lowest BCUT2D eigenvalue weighted by molar-refractivity contribution is 0.305. The third-order valence-electron chi connectivity index (χ3n) is 2.37. The van der Waals surface area contributed by atoms with Crippen LogP contribution in [0.15, 0.2) is 23.3 Å². The highest BCUT2D eigenvalue weighted by molar-refractivity contribution is 5.27. The molecule has 1 nitrogen and oxygen atoms in total. The average molecular weight is 179 g/mol. The van der Waals surface area contributed by atoms with E-state index in [0.717, 1.165) is 12.8 Å². The van der Waals surface area contributed by atoms with Gasteiger partial charge >= 0.3 is 0 Å². The fourth-order valence-electron chi connectivity index (χ4n) is 2.13. The minimum atomic E-state index is 0.245. The van der Waals surface area contributed by atoms with Crippen molar-refractivity contribution >= 4 is 0 Å². The molecule has 74 valence electrons. The predicted molar refractivity (Wildman–Crippen MR) is 58.5 cm³/mol. The molecule has 0 fully saturated rings. The molecule has 1 rings (SSSR count). The molecule has 0 aromatic rings. The Balaban J connectivity index is 2.81. The number of nitrogens with two attached hydrogens (primary N) is 1. The molecule has 0 heterocycles. The molecule has 0 amide bonds. The highest BCUT2D eigenvalue weighted by Gasteiger charge is 2.25. The molecule has 0 bridgehead atoms. The Labute approximate surface area is 81.7 Å². The van der Waals surface area contributed by atoms with Crippen LogP contribution < -0.4 is 5.73 Å². The molecule has 0 spiro atoms. The van der Waals surface area contributed by atoms with Crippen LogP contribution >= 0.6 is 0 Å². The van der Waals surface area contributed by atoms with Gasteiger partial charge in [-0.3, -0.25) is 0 Å². The summed E-state index contributed by atoms with van der Waals surface area (Å²) in [6.45, 7) is 8.85. The number of allylic oxidation sites excluding steroid dienone is 3. The van der Waals surface area contributed by atoms with Gasteiger partial charge in [0.25, 0.3) is 0 Å². The Hall–Kier alpha value is -0.560. The second-order valence-electron chi connectivity index (χ2n) is 5.17. The second kappa shape index (κ2) is 3.67. The Bertz CT molecular complexity index is 242. The number of hydrogen-bond donors (Lipinski definition) is 1. The molecule has 1 heteroatoms. The lowest BCUT2D eigenvalue weighted by Crippen LogP contribution is -2.30. The molecule has 1 aliphatic carbocycles. The largest absolute Gasteiger partial charge is 0.324 e. The van der Waals surface area contributed by atoms with E-state index in [4.69, 9.17) is 5.73 Å². The molecular formula is C12H21N. The summed E-state index contributed by atoms with van der Waals surface area (Å²) in [6, 6.07) is 0.245. The minimum absolute atomic E-state index is 0.245. The Kier molecular flexibility index (Phi) is 2.97. The second-order valence-corrected chi connectivity index (χ2v) is 5.17. The Morgan fingerprint density at radius 2 is 2.15 bits per heavy atom. The van der Waals surface area contributed by atoms with Gasteiger partial charge in [0.2, 0.25) is 0 Å². The summed E-state index contributed by atoms with van der Waals surface area (Å²) in [6.07, 6.45) is 6.72. The zero-order valence-electron chi connectivity index (χ0n) is 9.22. The fourth-order valence-corrected chi connectivity index (χ4v) is 2.13. The van der Waals surface area contributed by atoms with Gasteiger partial charge in [0.05, 0.1) is 0 Å². The third kappa shape index (κ3) is 3.35. The maximum atomic E-state index is 5.97. The summed E-state index contributed by atoms with van der Waals surface area (Å²) >= 11 is 0. The van der Waals surface area contributed by atoms with Crippen molar-refractivity contribution in [1.82, 2.24) is 0 Å². The van der Waals surface area contributed by atoms with Gasteiger partial charge in [0, 0.05) is 6.04 Å². The smallest absolute Gasteiger partial charge is 0.0234 e. The lowest BCUT2D eigenvalue weighted by atomic mass is 9.75. The molecule has 0 saturated carbocycles. The van der Waals surface area contributed by atoms with E-state index in [2.05, 4.69) is 39.8 Å². The topological polar surface area (TPSA) is 26.0 Å². The number of rotatable bonds is 1. The van der Waals surface area contributed by atoms with E-state index in [9.17, 15) is 0 Å². The first-order chi connectivity index (χ1) is 5.89. The van der Waals surface area contributed by atoms with Crippen LogP contribution in [0.1, 0.15) is 40.5 Å². The molecule has 1 atom stereocenters. The molecule has 0 aromatic heterocycles. The van der Waals surface area contributed by atoms with E-state index in [1.807, 2.05) is 0 Å². The van der Waals surface area contributed by atoms with Gasteiger partial charge in [-0.05, 0) is 32.1 Å². The maximum Gasteiger partial charge on any atom is 0.0234 e. The van der Waals surface area contributed by atoms with Crippen LogP contribution in [0.2, 0.25) is 0 Å². The van der Waals surface area contributed by atoms with Crippen molar-refractivity contribution in [3.63, 3.8) is 0 Å². The van der Waals surface area contributed by atoms with Crippen LogP contribution in [0.4, 0.5) is 0 Å². The van der Waals surface area contributed by atoms with Crippen molar-refractivity contribution in [2.75, 3.05) is 0 Å². The maximum absolute atomic E-state index is 5.97. The Morgan fingerprint density at radius 3 is 2.62 bits per heavy atom.